The van der Waals surface area contributed by atoms with E-state index in [0.29, 0.717) is 12.2 Å². The summed E-state index contributed by atoms with van der Waals surface area (Å²) in [6.45, 7) is 0.432. The second-order valence-corrected chi connectivity index (χ2v) is 7.77. The minimum Gasteiger partial charge on any atom is -0.394 e. The van der Waals surface area contributed by atoms with Gasteiger partial charge in [-0.15, -0.1) is 0 Å². The summed E-state index contributed by atoms with van der Waals surface area (Å²) in [5.41, 5.74) is 0.353. The van der Waals surface area contributed by atoms with E-state index in [9.17, 15) is 14.7 Å². The first kappa shape index (κ1) is 20.7. The number of carbonyl (C=O) groups is 2. The summed E-state index contributed by atoms with van der Waals surface area (Å²) < 4.78 is 5.98. The van der Waals surface area contributed by atoms with Crippen LogP contribution in [-0.4, -0.2) is 53.3 Å². The Hall–Kier alpha value is -1.99. The van der Waals surface area contributed by atoms with Gasteiger partial charge in [-0.05, 0) is 44.2 Å². The smallest absolute Gasteiger partial charge is 0.270 e. The van der Waals surface area contributed by atoms with Crippen LogP contribution in [-0.2, 0) is 9.53 Å². The lowest BCUT2D eigenvalue weighted by molar-refractivity contribution is -0.126. The molecule has 0 unspecified atom stereocenters. The van der Waals surface area contributed by atoms with Crippen molar-refractivity contribution in [1.29, 1.82) is 0 Å². The molecule has 3 rings (SSSR count). The van der Waals surface area contributed by atoms with Gasteiger partial charge in [0.15, 0.2) is 0 Å². The number of hydrogen-bond acceptors (Lipinski definition) is 5. The van der Waals surface area contributed by atoms with Crippen molar-refractivity contribution in [3.63, 3.8) is 0 Å². The molecule has 1 saturated carbocycles. The van der Waals surface area contributed by atoms with Crippen LogP contribution >= 0.6 is 0 Å². The predicted octanol–water partition coefficient (Wildman–Crippen LogP) is 1.81. The lowest BCUT2D eigenvalue weighted by Crippen LogP contribution is -2.51. The lowest BCUT2D eigenvalue weighted by Gasteiger charge is -2.36. The quantitative estimate of drug-likeness (QED) is 0.660. The number of rotatable bonds is 7. The number of aliphatic hydroxyl groups excluding tert-OH is 1. The standard InChI is InChI=1S/C21H31N3O4/c25-14-19-17(24-21(27)18-8-4-5-12-22-18)10-9-16(28-19)11-13-23-20(26)15-6-2-1-3-7-15/h4-5,8,12,15-17,19,25H,1-3,6-7,9-11,13-14H2,(H,23,26)(H,24,27)/t16-,17+,19+/m1/s1. The molecule has 0 bridgehead atoms. The first-order valence-corrected chi connectivity index (χ1v) is 10.4. The van der Waals surface area contributed by atoms with Crippen LogP contribution in [0.15, 0.2) is 24.4 Å². The summed E-state index contributed by atoms with van der Waals surface area (Å²) in [5, 5.41) is 15.6. The Morgan fingerprint density at radius 3 is 2.68 bits per heavy atom. The maximum atomic E-state index is 12.3. The third kappa shape index (κ3) is 5.75. The maximum Gasteiger partial charge on any atom is 0.270 e. The molecule has 0 spiro atoms. The fourth-order valence-electron chi connectivity index (χ4n) is 4.11. The van der Waals surface area contributed by atoms with Crippen molar-refractivity contribution in [2.24, 2.45) is 5.92 Å². The molecule has 3 N–H and O–H groups in total. The molecule has 1 saturated heterocycles. The second-order valence-electron chi connectivity index (χ2n) is 7.77. The van der Waals surface area contributed by atoms with Crippen LogP contribution in [0.4, 0.5) is 0 Å². The average Bonchev–Trinajstić information content (AvgIpc) is 2.75. The Morgan fingerprint density at radius 1 is 1.14 bits per heavy atom. The van der Waals surface area contributed by atoms with Crippen molar-refractivity contribution in [3.8, 4) is 0 Å². The fraction of sp³-hybridized carbons (Fsp3) is 0.667. The molecule has 2 heterocycles. The normalized spacial score (nSPS) is 25.8. The van der Waals surface area contributed by atoms with Gasteiger partial charge in [-0.1, -0.05) is 25.3 Å². The molecule has 2 fully saturated rings. The third-order valence-corrected chi connectivity index (χ3v) is 5.75. The molecule has 7 heteroatoms. The summed E-state index contributed by atoms with van der Waals surface area (Å²) >= 11 is 0. The van der Waals surface area contributed by atoms with Gasteiger partial charge in [0.2, 0.25) is 5.91 Å². The summed E-state index contributed by atoms with van der Waals surface area (Å²) in [6.07, 6.45) is 8.86. The molecule has 1 aromatic heterocycles. The van der Waals surface area contributed by atoms with Gasteiger partial charge in [0.1, 0.15) is 11.8 Å². The molecule has 7 nitrogen and oxygen atoms in total. The van der Waals surface area contributed by atoms with Gasteiger partial charge >= 0.3 is 0 Å². The summed E-state index contributed by atoms with van der Waals surface area (Å²) in [7, 11) is 0. The van der Waals surface area contributed by atoms with E-state index in [1.165, 1.54) is 6.42 Å². The molecular formula is C21H31N3O4. The van der Waals surface area contributed by atoms with Gasteiger partial charge in [0, 0.05) is 18.7 Å². The highest BCUT2D eigenvalue weighted by Gasteiger charge is 2.32. The molecule has 0 radical (unpaired) electrons. The number of nitrogens with zero attached hydrogens (tertiary/aromatic N) is 1. The highest BCUT2D eigenvalue weighted by atomic mass is 16.5. The van der Waals surface area contributed by atoms with Crippen LogP contribution in [0.5, 0.6) is 0 Å². The van der Waals surface area contributed by atoms with Crippen molar-refractivity contribution in [2.75, 3.05) is 13.2 Å². The van der Waals surface area contributed by atoms with Crippen molar-refractivity contribution in [1.82, 2.24) is 15.6 Å². The number of aromatic nitrogens is 1. The van der Waals surface area contributed by atoms with Crippen molar-refractivity contribution in [3.05, 3.63) is 30.1 Å². The first-order valence-electron chi connectivity index (χ1n) is 10.4. The van der Waals surface area contributed by atoms with E-state index in [1.807, 2.05) is 0 Å². The van der Waals surface area contributed by atoms with Gasteiger partial charge in [0.25, 0.3) is 5.91 Å². The lowest BCUT2D eigenvalue weighted by atomic mass is 9.88. The van der Waals surface area contributed by atoms with E-state index in [2.05, 4.69) is 15.6 Å². The topological polar surface area (TPSA) is 101 Å². The van der Waals surface area contributed by atoms with Crippen LogP contribution in [0, 0.1) is 5.92 Å². The monoisotopic (exact) mass is 389 g/mol. The van der Waals surface area contributed by atoms with Crippen LogP contribution in [0.2, 0.25) is 0 Å². The van der Waals surface area contributed by atoms with E-state index in [0.717, 1.165) is 44.9 Å². The Labute approximate surface area is 166 Å². The van der Waals surface area contributed by atoms with Crippen LogP contribution < -0.4 is 10.6 Å². The Morgan fingerprint density at radius 2 is 1.96 bits per heavy atom. The maximum absolute atomic E-state index is 12.3. The highest BCUT2D eigenvalue weighted by Crippen LogP contribution is 2.24. The highest BCUT2D eigenvalue weighted by molar-refractivity contribution is 5.92. The van der Waals surface area contributed by atoms with Gasteiger partial charge in [0.05, 0.1) is 18.8 Å². The first-order chi connectivity index (χ1) is 13.7. The molecule has 1 aliphatic carbocycles. The van der Waals surface area contributed by atoms with Gasteiger partial charge in [-0.3, -0.25) is 14.6 Å². The third-order valence-electron chi connectivity index (χ3n) is 5.75. The summed E-state index contributed by atoms with van der Waals surface area (Å²) in [6, 6.07) is 4.94. The summed E-state index contributed by atoms with van der Waals surface area (Å²) in [4.78, 5) is 28.6. The molecule has 1 aliphatic heterocycles. The van der Waals surface area contributed by atoms with E-state index in [-0.39, 0.29) is 36.5 Å². The SMILES string of the molecule is O=C(N[C@H]1CC[C@H](CCNC(=O)C2CCCCC2)O[C@H]1CO)c1ccccn1. The number of hydrogen-bond donors (Lipinski definition) is 3. The zero-order valence-electron chi connectivity index (χ0n) is 16.3. The number of carbonyl (C=O) groups excluding carboxylic acids is 2. The zero-order valence-corrected chi connectivity index (χ0v) is 16.3. The predicted molar refractivity (Wildman–Crippen MR) is 105 cm³/mol. The number of nitrogens with one attached hydrogen (secondary N) is 2. The van der Waals surface area contributed by atoms with E-state index in [1.54, 1.807) is 24.4 Å². The number of pyridine rings is 1. The largest absolute Gasteiger partial charge is 0.394 e. The Kier molecular flexibility index (Phi) is 7.80. The molecule has 1 aromatic rings. The van der Waals surface area contributed by atoms with E-state index < -0.39 is 6.10 Å². The van der Waals surface area contributed by atoms with E-state index >= 15 is 0 Å². The fourth-order valence-corrected chi connectivity index (χ4v) is 4.11. The van der Waals surface area contributed by atoms with Crippen LogP contribution in [0.3, 0.4) is 0 Å². The van der Waals surface area contributed by atoms with Crippen molar-refractivity contribution >= 4 is 11.8 Å². The van der Waals surface area contributed by atoms with Crippen molar-refractivity contribution in [2.45, 2.75) is 69.6 Å². The van der Waals surface area contributed by atoms with Crippen molar-refractivity contribution < 1.29 is 19.4 Å². The van der Waals surface area contributed by atoms with Crippen LogP contribution in [0.1, 0.15) is 61.9 Å². The zero-order chi connectivity index (χ0) is 19.8. The summed E-state index contributed by atoms with van der Waals surface area (Å²) in [5.74, 6) is 0.0676. The molecule has 2 amide bonds. The minimum absolute atomic E-state index is 0.0215. The van der Waals surface area contributed by atoms with Gasteiger partial charge in [-0.2, -0.15) is 0 Å². The number of ether oxygens (including phenoxy) is 1. The van der Waals surface area contributed by atoms with Gasteiger partial charge in [-0.25, -0.2) is 0 Å². The second kappa shape index (κ2) is 10.5. The average molecular weight is 389 g/mol. The minimum atomic E-state index is -0.444. The molecule has 2 aliphatic rings. The Bertz CT molecular complexity index is 634. The van der Waals surface area contributed by atoms with Crippen LogP contribution in [0.25, 0.3) is 0 Å². The molecular weight excluding hydrogens is 358 g/mol. The molecule has 154 valence electrons. The molecule has 0 aromatic carbocycles. The number of aliphatic hydroxyl groups is 1. The molecule has 28 heavy (non-hydrogen) atoms. The van der Waals surface area contributed by atoms with E-state index in [4.69, 9.17) is 4.74 Å². The Balaban J connectivity index is 1.41. The number of amides is 2. The van der Waals surface area contributed by atoms with Gasteiger partial charge < -0.3 is 20.5 Å². The molecule has 3 atom stereocenters.